The van der Waals surface area contributed by atoms with Crippen LogP contribution in [0, 0.1) is 5.92 Å². The van der Waals surface area contributed by atoms with Crippen LogP contribution in [0.2, 0.25) is 0 Å². The largest absolute Gasteiger partial charge is 0.373 e. The molecule has 6 nitrogen and oxygen atoms in total. The van der Waals surface area contributed by atoms with Crippen molar-refractivity contribution in [1.29, 1.82) is 0 Å². The predicted molar refractivity (Wildman–Crippen MR) is 135 cm³/mol. The van der Waals surface area contributed by atoms with Crippen LogP contribution in [0.5, 0.6) is 0 Å². The molecule has 4 rings (SSSR count). The van der Waals surface area contributed by atoms with E-state index in [1.807, 2.05) is 25.7 Å². The summed E-state index contributed by atoms with van der Waals surface area (Å²) in [5.74, 6) is 1.39. The molecule has 0 bridgehead atoms. The van der Waals surface area contributed by atoms with Crippen LogP contribution in [-0.4, -0.2) is 36.3 Å². The van der Waals surface area contributed by atoms with E-state index >= 15 is 0 Å². The third kappa shape index (κ3) is 5.12. The number of hydrogen-bond acceptors (Lipinski definition) is 6. The summed E-state index contributed by atoms with van der Waals surface area (Å²) in [4.78, 5) is 16.1. The van der Waals surface area contributed by atoms with E-state index in [-0.39, 0.29) is 12.0 Å². The van der Waals surface area contributed by atoms with Gasteiger partial charge in [0.2, 0.25) is 0 Å². The summed E-state index contributed by atoms with van der Waals surface area (Å²) in [5, 5.41) is 6.81. The van der Waals surface area contributed by atoms with Gasteiger partial charge >= 0.3 is 0 Å². The van der Waals surface area contributed by atoms with Crippen molar-refractivity contribution in [2.45, 2.75) is 33.3 Å². The maximum atomic E-state index is 6.09. The Hall–Kier alpha value is -3.51. The molecule has 0 amide bonds. The maximum Gasteiger partial charge on any atom is 0.158 e. The van der Waals surface area contributed by atoms with Crippen molar-refractivity contribution in [2.75, 3.05) is 13.2 Å². The van der Waals surface area contributed by atoms with Gasteiger partial charge in [-0.2, -0.15) is 0 Å². The van der Waals surface area contributed by atoms with E-state index in [9.17, 15) is 0 Å². The van der Waals surface area contributed by atoms with E-state index in [4.69, 9.17) is 9.57 Å². The SMILES string of the molecule is C=C(CN1C=NC(/N=C\C)=C(C)C1=C)O/N=C(\C)[C@@H]1CO[C@@H](c2ccc3ccccc3c2)C1. The van der Waals surface area contributed by atoms with E-state index in [2.05, 4.69) is 70.8 Å². The average Bonchev–Trinajstić information content (AvgIpc) is 3.32. The second kappa shape index (κ2) is 9.96. The molecule has 0 spiro atoms. The zero-order valence-electron chi connectivity index (χ0n) is 19.5. The van der Waals surface area contributed by atoms with Crippen molar-refractivity contribution >= 4 is 29.0 Å². The van der Waals surface area contributed by atoms with Crippen molar-refractivity contribution in [3.05, 3.63) is 84.0 Å². The summed E-state index contributed by atoms with van der Waals surface area (Å²) in [6, 6.07) is 14.9. The first-order chi connectivity index (χ1) is 16.0. The molecule has 0 unspecified atom stereocenters. The Kier molecular flexibility index (Phi) is 6.84. The van der Waals surface area contributed by atoms with Crippen molar-refractivity contribution in [1.82, 2.24) is 4.90 Å². The minimum absolute atomic E-state index is 0.0654. The maximum absolute atomic E-state index is 6.09. The number of fused-ring (bicyclic) bond motifs is 1. The van der Waals surface area contributed by atoms with Crippen LogP contribution in [0.1, 0.15) is 38.9 Å². The quantitative estimate of drug-likeness (QED) is 0.300. The fraction of sp³-hybridized carbons (Fsp3) is 0.296. The van der Waals surface area contributed by atoms with Gasteiger partial charge in [0.1, 0.15) is 5.76 Å². The van der Waals surface area contributed by atoms with Gasteiger partial charge in [-0.3, -0.25) is 0 Å². The van der Waals surface area contributed by atoms with E-state index in [1.165, 1.54) is 16.3 Å². The molecule has 0 saturated carbocycles. The lowest BCUT2D eigenvalue weighted by Crippen LogP contribution is -2.27. The molecule has 1 saturated heterocycles. The molecule has 0 N–H and O–H groups in total. The number of allylic oxidation sites excluding steroid dienone is 1. The van der Waals surface area contributed by atoms with E-state index in [0.29, 0.717) is 24.7 Å². The minimum atomic E-state index is 0.0654. The molecule has 0 aliphatic carbocycles. The van der Waals surface area contributed by atoms with Gasteiger partial charge < -0.3 is 14.5 Å². The summed E-state index contributed by atoms with van der Waals surface area (Å²) in [7, 11) is 0. The van der Waals surface area contributed by atoms with Crippen LogP contribution >= 0.6 is 0 Å². The Balaban J connectivity index is 1.32. The molecule has 2 aromatic rings. The Bertz CT molecular complexity index is 1190. The van der Waals surface area contributed by atoms with Gasteiger partial charge in [-0.1, -0.05) is 54.7 Å². The predicted octanol–water partition coefficient (Wildman–Crippen LogP) is 6.00. The number of rotatable bonds is 7. The standard InChI is InChI=1S/C27H30N4O2/c1-6-28-27-19(3)21(5)31(17-29-27)15-18(2)33-30-20(4)25-14-26(32-16-25)24-12-11-22-9-7-8-10-23(22)13-24/h6-13,17,25-26H,2,5,14-16H2,1,3-4H3/b28-6-,30-20+/t25-,26+/m0/s1. The Morgan fingerprint density at radius 3 is 2.85 bits per heavy atom. The number of aliphatic imine (C=N–C) groups is 2. The lowest BCUT2D eigenvalue weighted by atomic mass is 9.96. The number of ether oxygens (including phenoxy) is 1. The third-order valence-corrected chi connectivity index (χ3v) is 6.08. The Labute approximate surface area is 195 Å². The first-order valence-corrected chi connectivity index (χ1v) is 11.2. The molecular formula is C27H30N4O2. The highest BCUT2D eigenvalue weighted by molar-refractivity contribution is 5.85. The van der Waals surface area contributed by atoms with Crippen LogP contribution in [0.4, 0.5) is 0 Å². The molecule has 0 radical (unpaired) electrons. The van der Waals surface area contributed by atoms with E-state index in [1.54, 1.807) is 12.6 Å². The van der Waals surface area contributed by atoms with Crippen molar-refractivity contribution < 1.29 is 9.57 Å². The van der Waals surface area contributed by atoms with Gasteiger partial charge in [-0.25, -0.2) is 9.98 Å². The molecule has 2 atom stereocenters. The molecule has 2 heterocycles. The minimum Gasteiger partial charge on any atom is -0.373 e. The number of nitrogens with zero attached hydrogens (tertiary/aromatic N) is 4. The normalized spacial score (nSPS) is 21.5. The zero-order chi connectivity index (χ0) is 23.4. The van der Waals surface area contributed by atoms with E-state index < -0.39 is 0 Å². The van der Waals surface area contributed by atoms with Gasteiger partial charge in [0.25, 0.3) is 0 Å². The van der Waals surface area contributed by atoms with Crippen LogP contribution in [0.25, 0.3) is 10.8 Å². The molecule has 2 aromatic carbocycles. The number of oxime groups is 1. The molecule has 2 aliphatic rings. The molecule has 1 fully saturated rings. The second-order valence-electron chi connectivity index (χ2n) is 8.38. The molecule has 170 valence electrons. The van der Waals surface area contributed by atoms with Crippen molar-refractivity contribution in [2.24, 2.45) is 21.1 Å². The molecule has 0 aromatic heterocycles. The van der Waals surface area contributed by atoms with Gasteiger partial charge in [-0.15, -0.1) is 0 Å². The topological polar surface area (TPSA) is 58.8 Å². The second-order valence-corrected chi connectivity index (χ2v) is 8.38. The molecule has 33 heavy (non-hydrogen) atoms. The summed E-state index contributed by atoms with van der Waals surface area (Å²) in [5.41, 5.74) is 3.85. The highest BCUT2D eigenvalue weighted by Crippen LogP contribution is 2.34. The summed E-state index contributed by atoms with van der Waals surface area (Å²) in [6.45, 7) is 15.0. The number of hydrogen-bond donors (Lipinski definition) is 0. The average molecular weight is 443 g/mol. The Morgan fingerprint density at radius 1 is 1.27 bits per heavy atom. The van der Waals surface area contributed by atoms with Gasteiger partial charge in [0, 0.05) is 23.4 Å². The summed E-state index contributed by atoms with van der Waals surface area (Å²) in [6.07, 6.45) is 4.36. The third-order valence-electron chi connectivity index (χ3n) is 6.08. The molecular weight excluding hydrogens is 412 g/mol. The van der Waals surface area contributed by atoms with Crippen LogP contribution in [0.15, 0.2) is 93.6 Å². The van der Waals surface area contributed by atoms with Crippen molar-refractivity contribution in [3.63, 3.8) is 0 Å². The van der Waals surface area contributed by atoms with Crippen molar-refractivity contribution in [3.8, 4) is 0 Å². The lowest BCUT2D eigenvalue weighted by Gasteiger charge is -2.26. The van der Waals surface area contributed by atoms with Crippen LogP contribution in [0.3, 0.4) is 0 Å². The monoisotopic (exact) mass is 442 g/mol. The van der Waals surface area contributed by atoms with Gasteiger partial charge in [-0.05, 0) is 49.6 Å². The van der Waals surface area contributed by atoms with Gasteiger partial charge in [0.05, 0.1) is 31.3 Å². The fourth-order valence-corrected chi connectivity index (χ4v) is 4.01. The zero-order valence-corrected chi connectivity index (χ0v) is 19.5. The molecule has 2 aliphatic heterocycles. The first-order valence-electron chi connectivity index (χ1n) is 11.2. The number of benzene rings is 2. The summed E-state index contributed by atoms with van der Waals surface area (Å²) < 4.78 is 6.09. The van der Waals surface area contributed by atoms with Gasteiger partial charge in [0.15, 0.2) is 5.82 Å². The van der Waals surface area contributed by atoms with Crippen LogP contribution in [-0.2, 0) is 9.57 Å². The summed E-state index contributed by atoms with van der Waals surface area (Å²) >= 11 is 0. The first kappa shape index (κ1) is 22.7. The fourth-order valence-electron chi connectivity index (χ4n) is 4.01. The highest BCUT2D eigenvalue weighted by Gasteiger charge is 2.29. The Morgan fingerprint density at radius 2 is 2.06 bits per heavy atom. The molecule has 6 heteroatoms. The smallest absolute Gasteiger partial charge is 0.158 e. The lowest BCUT2D eigenvalue weighted by molar-refractivity contribution is 0.110. The van der Waals surface area contributed by atoms with Crippen LogP contribution < -0.4 is 0 Å². The highest BCUT2D eigenvalue weighted by atomic mass is 16.6. The van der Waals surface area contributed by atoms with E-state index in [0.717, 1.165) is 23.4 Å².